The van der Waals surface area contributed by atoms with E-state index in [-0.39, 0.29) is 48.0 Å². The summed E-state index contributed by atoms with van der Waals surface area (Å²) in [5, 5.41) is 15.0. The number of aliphatic hydroxyl groups is 1. The molecule has 2 aromatic heterocycles. The third-order valence-electron chi connectivity index (χ3n) is 8.18. The number of hydrogen-bond donors (Lipinski definition) is 2. The number of carbonyl (C=O) groups is 2. The van der Waals surface area contributed by atoms with Crippen LogP contribution >= 0.6 is 0 Å². The molecule has 0 saturated carbocycles. The number of pyridine rings is 2. The van der Waals surface area contributed by atoms with E-state index in [1.165, 1.54) is 13.0 Å². The Kier molecular flexibility index (Phi) is 4.58. The lowest BCUT2D eigenvalue weighted by molar-refractivity contribution is -0.172. The second-order valence-corrected chi connectivity index (χ2v) is 10.3. The molecule has 0 saturated heterocycles. The summed E-state index contributed by atoms with van der Waals surface area (Å²) in [6.45, 7) is 6.80. The van der Waals surface area contributed by atoms with Gasteiger partial charge in [0.15, 0.2) is 5.60 Å². The van der Waals surface area contributed by atoms with Crippen molar-refractivity contribution in [2.45, 2.75) is 71.2 Å². The van der Waals surface area contributed by atoms with Crippen LogP contribution in [0.5, 0.6) is 0 Å². The minimum Gasteiger partial charge on any atom is -0.458 e. The summed E-state index contributed by atoms with van der Waals surface area (Å²) in [6, 6.07) is 3.04. The van der Waals surface area contributed by atoms with Crippen molar-refractivity contribution < 1.29 is 23.8 Å². The molecule has 2 N–H and O–H groups in total. The Balaban J connectivity index is 1.71. The highest BCUT2D eigenvalue weighted by atomic mass is 19.1. The first-order valence-corrected chi connectivity index (χ1v) is 12.1. The van der Waals surface area contributed by atoms with Gasteiger partial charge in [0, 0.05) is 29.5 Å². The number of fused-ring (bicyclic) bond motifs is 5. The van der Waals surface area contributed by atoms with Gasteiger partial charge in [0.05, 0.1) is 34.6 Å². The minimum absolute atomic E-state index is 0.0411. The molecule has 8 nitrogen and oxygen atoms in total. The normalized spacial score (nSPS) is 23.7. The maximum Gasteiger partial charge on any atom is 0.343 e. The third-order valence-corrected chi connectivity index (χ3v) is 8.18. The van der Waals surface area contributed by atoms with Crippen LogP contribution in [0, 0.1) is 12.7 Å². The monoisotopic (exact) mass is 491 g/mol. The molecule has 2 atom stereocenters. The van der Waals surface area contributed by atoms with Gasteiger partial charge in [-0.1, -0.05) is 6.92 Å². The maximum atomic E-state index is 14.9. The van der Waals surface area contributed by atoms with Crippen LogP contribution < -0.4 is 10.9 Å². The van der Waals surface area contributed by atoms with Crippen molar-refractivity contribution in [1.29, 1.82) is 0 Å². The van der Waals surface area contributed by atoms with Crippen LogP contribution in [0.3, 0.4) is 0 Å². The van der Waals surface area contributed by atoms with Crippen molar-refractivity contribution in [1.82, 2.24) is 14.9 Å². The standard InChI is InChI=1S/C27H26FN3O5/c1-5-27(35)17-8-20-23-15(10-31(20)24(33)16(17)11-36-25(27)34)22-21-14(6-7-26(22,4)30-13(3)32)12(2)18(28)9-19(21)29-23/h8-9,35H,5-7,10-11H2,1-4H3,(H,30,32)/t26?,27-/m0/s1. The van der Waals surface area contributed by atoms with Crippen LogP contribution in [-0.2, 0) is 45.0 Å². The Labute approximate surface area is 206 Å². The third kappa shape index (κ3) is 2.77. The molecule has 36 heavy (non-hydrogen) atoms. The van der Waals surface area contributed by atoms with Crippen molar-refractivity contribution in [3.05, 3.63) is 61.7 Å². The zero-order valence-electron chi connectivity index (χ0n) is 20.5. The van der Waals surface area contributed by atoms with Crippen molar-refractivity contribution in [3.8, 4) is 11.4 Å². The summed E-state index contributed by atoms with van der Waals surface area (Å²) in [5.41, 5.74) is 1.83. The van der Waals surface area contributed by atoms with Gasteiger partial charge in [-0.2, -0.15) is 0 Å². The minimum atomic E-state index is -1.93. The van der Waals surface area contributed by atoms with Crippen molar-refractivity contribution >= 4 is 22.8 Å². The SMILES string of the molecule is CC[C@@]1(O)C(=O)OCc2c1cc1n(c2=O)Cc2c-1nc1cc(F)c(C)c3c1c2C(C)(NC(C)=O)CC3. The highest BCUT2D eigenvalue weighted by molar-refractivity contribution is 5.94. The molecule has 186 valence electrons. The number of rotatable bonds is 2. The molecule has 9 heteroatoms. The fraction of sp³-hybridized carbons (Fsp3) is 0.407. The van der Waals surface area contributed by atoms with Gasteiger partial charge in [-0.15, -0.1) is 0 Å². The lowest BCUT2D eigenvalue weighted by atomic mass is 9.74. The number of aryl methyl sites for hydroxylation is 1. The summed E-state index contributed by atoms with van der Waals surface area (Å²) in [7, 11) is 0. The van der Waals surface area contributed by atoms with E-state index in [9.17, 15) is 23.9 Å². The second-order valence-electron chi connectivity index (χ2n) is 10.3. The number of esters is 1. The van der Waals surface area contributed by atoms with Crippen LogP contribution in [0.4, 0.5) is 4.39 Å². The van der Waals surface area contributed by atoms with Gasteiger partial charge >= 0.3 is 5.97 Å². The Morgan fingerprint density at radius 2 is 2.03 bits per heavy atom. The number of benzene rings is 1. The number of amides is 1. The van der Waals surface area contributed by atoms with E-state index in [4.69, 9.17) is 9.72 Å². The second kappa shape index (κ2) is 7.22. The van der Waals surface area contributed by atoms with Gasteiger partial charge in [0.1, 0.15) is 12.4 Å². The Morgan fingerprint density at radius 3 is 2.72 bits per heavy atom. The average Bonchev–Trinajstić information content (AvgIpc) is 3.19. The van der Waals surface area contributed by atoms with Crippen LogP contribution in [0.25, 0.3) is 22.3 Å². The molecular weight excluding hydrogens is 465 g/mol. The molecule has 4 heterocycles. The van der Waals surface area contributed by atoms with Gasteiger partial charge in [0.2, 0.25) is 5.91 Å². The molecule has 1 aliphatic carbocycles. The molecule has 3 aromatic rings. The Morgan fingerprint density at radius 1 is 1.28 bits per heavy atom. The van der Waals surface area contributed by atoms with E-state index in [0.29, 0.717) is 35.3 Å². The summed E-state index contributed by atoms with van der Waals surface area (Å²) >= 11 is 0. The summed E-state index contributed by atoms with van der Waals surface area (Å²) < 4.78 is 21.7. The Hall–Kier alpha value is -3.59. The fourth-order valence-electron chi connectivity index (χ4n) is 6.32. The highest BCUT2D eigenvalue weighted by Gasteiger charge is 2.46. The number of hydrogen-bond acceptors (Lipinski definition) is 6. The van der Waals surface area contributed by atoms with E-state index < -0.39 is 17.1 Å². The predicted octanol–water partition coefficient (Wildman–Crippen LogP) is 2.82. The molecule has 2 aliphatic heterocycles. The fourth-order valence-corrected chi connectivity index (χ4v) is 6.32. The molecule has 0 fully saturated rings. The van der Waals surface area contributed by atoms with Gasteiger partial charge < -0.3 is 19.7 Å². The Bertz CT molecular complexity index is 1610. The van der Waals surface area contributed by atoms with Crippen molar-refractivity contribution in [3.63, 3.8) is 0 Å². The van der Waals surface area contributed by atoms with Gasteiger partial charge in [-0.3, -0.25) is 9.59 Å². The highest BCUT2D eigenvalue weighted by Crippen LogP contribution is 2.47. The maximum absolute atomic E-state index is 14.9. The van der Waals surface area contributed by atoms with Gasteiger partial charge in [0.25, 0.3) is 5.56 Å². The molecule has 1 aromatic carbocycles. The average molecular weight is 492 g/mol. The zero-order chi connectivity index (χ0) is 25.7. The topological polar surface area (TPSA) is 111 Å². The lowest BCUT2D eigenvalue weighted by Crippen LogP contribution is -2.45. The number of nitrogens with zero attached hydrogens (tertiary/aromatic N) is 2. The number of nitrogens with one attached hydrogen (secondary N) is 1. The van der Waals surface area contributed by atoms with E-state index in [1.54, 1.807) is 24.5 Å². The molecule has 6 rings (SSSR count). The first-order chi connectivity index (χ1) is 17.0. The van der Waals surface area contributed by atoms with Gasteiger partial charge in [-0.25, -0.2) is 14.2 Å². The van der Waals surface area contributed by atoms with Crippen molar-refractivity contribution in [2.24, 2.45) is 0 Å². The molecule has 0 spiro atoms. The van der Waals surface area contributed by atoms with Crippen LogP contribution in [0.1, 0.15) is 67.0 Å². The summed E-state index contributed by atoms with van der Waals surface area (Å²) in [5.74, 6) is -1.34. The molecule has 0 radical (unpaired) electrons. The molecule has 1 unspecified atom stereocenters. The summed E-state index contributed by atoms with van der Waals surface area (Å²) in [6.07, 6.45) is 1.18. The molecule has 3 aliphatic rings. The predicted molar refractivity (Wildman–Crippen MR) is 129 cm³/mol. The van der Waals surface area contributed by atoms with Crippen LogP contribution in [0.15, 0.2) is 16.9 Å². The number of carbonyl (C=O) groups excluding carboxylic acids is 2. The molecule has 0 bridgehead atoms. The number of halogens is 1. The number of cyclic esters (lactones) is 1. The smallest absolute Gasteiger partial charge is 0.343 e. The van der Waals surface area contributed by atoms with Crippen molar-refractivity contribution in [2.75, 3.05) is 0 Å². The van der Waals surface area contributed by atoms with E-state index in [0.717, 1.165) is 22.1 Å². The number of aromatic nitrogens is 2. The van der Waals surface area contributed by atoms with Gasteiger partial charge in [-0.05, 0) is 55.9 Å². The van der Waals surface area contributed by atoms with E-state index in [2.05, 4.69) is 5.32 Å². The van der Waals surface area contributed by atoms with Crippen LogP contribution in [-0.4, -0.2) is 26.5 Å². The summed E-state index contributed by atoms with van der Waals surface area (Å²) in [4.78, 5) is 43.1. The van der Waals surface area contributed by atoms with E-state index in [1.807, 2.05) is 6.92 Å². The number of ether oxygens (including phenoxy) is 1. The first-order valence-electron chi connectivity index (χ1n) is 12.1. The zero-order valence-corrected chi connectivity index (χ0v) is 20.5. The van der Waals surface area contributed by atoms with E-state index >= 15 is 0 Å². The lowest BCUT2D eigenvalue weighted by Gasteiger charge is -2.38. The first kappa shape index (κ1) is 22.8. The molecular formula is C27H26FN3O5. The largest absolute Gasteiger partial charge is 0.458 e. The van der Waals surface area contributed by atoms with Crippen LogP contribution in [0.2, 0.25) is 0 Å². The quantitative estimate of drug-likeness (QED) is 0.417. The molecule has 1 amide bonds.